The van der Waals surface area contributed by atoms with Crippen LogP contribution in [-0.2, 0) is 4.79 Å². The minimum Gasteiger partial charge on any atom is -0.293 e. The quantitative estimate of drug-likeness (QED) is 0.904. The molecule has 6 heteroatoms. The molecule has 0 unspecified atom stereocenters. The first kappa shape index (κ1) is 12.8. The predicted molar refractivity (Wildman–Crippen MR) is 72.4 cm³/mol. The van der Waals surface area contributed by atoms with Crippen molar-refractivity contribution in [1.82, 2.24) is 15.2 Å². The molecule has 0 radical (unpaired) electrons. The molecular formula is C14H15FN4O. The Morgan fingerprint density at radius 2 is 1.95 bits per heavy atom. The van der Waals surface area contributed by atoms with Crippen molar-refractivity contribution in [2.75, 3.05) is 5.32 Å². The molecule has 0 saturated heterocycles. The van der Waals surface area contributed by atoms with Gasteiger partial charge in [0.2, 0.25) is 11.9 Å². The molecule has 2 N–H and O–H groups in total. The number of halogens is 1. The number of hydrogen-bond donors (Lipinski definition) is 2. The minimum atomic E-state index is -0.303. The Labute approximate surface area is 115 Å². The molecular weight excluding hydrogens is 259 g/mol. The van der Waals surface area contributed by atoms with E-state index in [9.17, 15) is 9.18 Å². The summed E-state index contributed by atoms with van der Waals surface area (Å²) >= 11 is 0. The van der Waals surface area contributed by atoms with Crippen molar-refractivity contribution in [3.8, 4) is 11.4 Å². The van der Waals surface area contributed by atoms with Gasteiger partial charge in [0.25, 0.3) is 0 Å². The van der Waals surface area contributed by atoms with Crippen LogP contribution < -0.4 is 5.32 Å². The fourth-order valence-electron chi connectivity index (χ4n) is 2.45. The lowest BCUT2D eigenvalue weighted by atomic mass is 10.1. The summed E-state index contributed by atoms with van der Waals surface area (Å²) in [5.41, 5.74) is 0.722. The second-order valence-corrected chi connectivity index (χ2v) is 4.99. The van der Waals surface area contributed by atoms with Crippen LogP contribution in [0.15, 0.2) is 24.3 Å². The zero-order valence-corrected chi connectivity index (χ0v) is 10.9. The van der Waals surface area contributed by atoms with E-state index < -0.39 is 0 Å². The van der Waals surface area contributed by atoms with E-state index in [1.165, 1.54) is 12.1 Å². The monoisotopic (exact) mass is 274 g/mol. The van der Waals surface area contributed by atoms with E-state index in [0.717, 1.165) is 31.2 Å². The van der Waals surface area contributed by atoms with E-state index in [-0.39, 0.29) is 23.6 Å². The van der Waals surface area contributed by atoms with Gasteiger partial charge in [0.1, 0.15) is 5.82 Å². The Bertz CT molecular complexity index is 602. The number of aromatic nitrogens is 3. The highest BCUT2D eigenvalue weighted by Crippen LogP contribution is 2.25. The van der Waals surface area contributed by atoms with Crippen LogP contribution in [0.3, 0.4) is 0 Å². The summed E-state index contributed by atoms with van der Waals surface area (Å²) in [4.78, 5) is 16.2. The Balaban J connectivity index is 1.70. The van der Waals surface area contributed by atoms with Gasteiger partial charge in [-0.15, -0.1) is 5.10 Å². The van der Waals surface area contributed by atoms with Crippen molar-refractivity contribution in [2.24, 2.45) is 5.92 Å². The molecule has 104 valence electrons. The molecule has 2 aromatic rings. The van der Waals surface area contributed by atoms with Gasteiger partial charge in [-0.25, -0.2) is 4.39 Å². The summed E-state index contributed by atoms with van der Waals surface area (Å²) in [6.45, 7) is 0. The van der Waals surface area contributed by atoms with Crippen molar-refractivity contribution in [3.05, 3.63) is 30.1 Å². The molecule has 1 aromatic heterocycles. The SMILES string of the molecule is O=C(Nc1n[nH]c(-c2ccc(F)cc2)n1)C1CCCC1. The van der Waals surface area contributed by atoms with Crippen LogP contribution in [0.1, 0.15) is 25.7 Å². The maximum absolute atomic E-state index is 12.8. The molecule has 1 saturated carbocycles. The predicted octanol–water partition coefficient (Wildman–Crippen LogP) is 2.74. The van der Waals surface area contributed by atoms with Crippen molar-refractivity contribution in [2.45, 2.75) is 25.7 Å². The average molecular weight is 274 g/mol. The lowest BCUT2D eigenvalue weighted by Gasteiger charge is -2.06. The Hall–Kier alpha value is -2.24. The number of nitrogens with one attached hydrogen (secondary N) is 2. The fraction of sp³-hybridized carbons (Fsp3) is 0.357. The van der Waals surface area contributed by atoms with Crippen LogP contribution in [0.4, 0.5) is 10.3 Å². The second kappa shape index (κ2) is 5.40. The number of carbonyl (C=O) groups excluding carboxylic acids is 1. The highest BCUT2D eigenvalue weighted by atomic mass is 19.1. The summed E-state index contributed by atoms with van der Waals surface area (Å²) in [6.07, 6.45) is 4.07. The molecule has 1 aliphatic rings. The summed E-state index contributed by atoms with van der Waals surface area (Å²) < 4.78 is 12.8. The number of benzene rings is 1. The van der Waals surface area contributed by atoms with E-state index in [2.05, 4.69) is 20.5 Å². The summed E-state index contributed by atoms with van der Waals surface area (Å²) in [5.74, 6) is 0.519. The molecule has 1 heterocycles. The van der Waals surface area contributed by atoms with Crippen LogP contribution in [-0.4, -0.2) is 21.1 Å². The third-order valence-corrected chi connectivity index (χ3v) is 3.56. The molecule has 3 rings (SSSR count). The summed E-state index contributed by atoms with van der Waals surface area (Å²) in [7, 11) is 0. The molecule has 20 heavy (non-hydrogen) atoms. The largest absolute Gasteiger partial charge is 0.293 e. The zero-order chi connectivity index (χ0) is 13.9. The second-order valence-electron chi connectivity index (χ2n) is 4.99. The van der Waals surface area contributed by atoms with Gasteiger partial charge in [-0.1, -0.05) is 12.8 Å². The topological polar surface area (TPSA) is 70.7 Å². The van der Waals surface area contributed by atoms with E-state index in [1.807, 2.05) is 0 Å². The maximum atomic E-state index is 12.8. The van der Waals surface area contributed by atoms with Crippen LogP contribution >= 0.6 is 0 Å². The normalized spacial score (nSPS) is 15.4. The van der Waals surface area contributed by atoms with Gasteiger partial charge in [0.05, 0.1) is 0 Å². The number of anilines is 1. The molecule has 0 aliphatic heterocycles. The number of aromatic amines is 1. The smallest absolute Gasteiger partial charge is 0.249 e. The molecule has 1 aromatic carbocycles. The van der Waals surface area contributed by atoms with E-state index in [1.54, 1.807) is 12.1 Å². The summed E-state index contributed by atoms with van der Waals surface area (Å²) in [6, 6.07) is 5.93. The number of hydrogen-bond acceptors (Lipinski definition) is 3. The van der Waals surface area contributed by atoms with Crippen molar-refractivity contribution in [3.63, 3.8) is 0 Å². The van der Waals surface area contributed by atoms with Gasteiger partial charge in [0.15, 0.2) is 5.82 Å². The molecule has 1 fully saturated rings. The van der Waals surface area contributed by atoms with Crippen LogP contribution in [0.5, 0.6) is 0 Å². The highest BCUT2D eigenvalue weighted by Gasteiger charge is 2.23. The van der Waals surface area contributed by atoms with Crippen molar-refractivity contribution < 1.29 is 9.18 Å². The zero-order valence-electron chi connectivity index (χ0n) is 10.9. The first-order valence-corrected chi connectivity index (χ1v) is 6.71. The lowest BCUT2D eigenvalue weighted by Crippen LogP contribution is -2.20. The number of H-pyrrole nitrogens is 1. The Kier molecular flexibility index (Phi) is 3.45. The van der Waals surface area contributed by atoms with E-state index in [0.29, 0.717) is 5.82 Å². The Morgan fingerprint density at radius 3 is 2.65 bits per heavy atom. The average Bonchev–Trinajstić information content (AvgIpc) is 3.10. The third kappa shape index (κ3) is 2.68. The van der Waals surface area contributed by atoms with Gasteiger partial charge in [-0.2, -0.15) is 4.98 Å². The maximum Gasteiger partial charge on any atom is 0.249 e. The molecule has 0 atom stereocenters. The molecule has 0 spiro atoms. The van der Waals surface area contributed by atoms with Crippen LogP contribution in [0.2, 0.25) is 0 Å². The van der Waals surface area contributed by atoms with Gasteiger partial charge in [-0.3, -0.25) is 15.2 Å². The Morgan fingerprint density at radius 1 is 1.25 bits per heavy atom. The summed E-state index contributed by atoms with van der Waals surface area (Å²) in [5, 5.41) is 9.42. The van der Waals surface area contributed by atoms with Crippen molar-refractivity contribution >= 4 is 11.9 Å². The molecule has 1 aliphatic carbocycles. The van der Waals surface area contributed by atoms with E-state index >= 15 is 0 Å². The number of nitrogens with zero attached hydrogens (tertiary/aromatic N) is 2. The van der Waals surface area contributed by atoms with E-state index in [4.69, 9.17) is 0 Å². The first-order valence-electron chi connectivity index (χ1n) is 6.71. The van der Waals surface area contributed by atoms with Crippen LogP contribution in [0.25, 0.3) is 11.4 Å². The fourth-order valence-corrected chi connectivity index (χ4v) is 2.45. The first-order chi connectivity index (χ1) is 9.72. The lowest BCUT2D eigenvalue weighted by molar-refractivity contribution is -0.119. The highest BCUT2D eigenvalue weighted by molar-refractivity contribution is 5.91. The standard InChI is InChI=1S/C14H15FN4O/c15-11-7-5-9(6-8-11)12-16-14(19-18-12)17-13(20)10-3-1-2-4-10/h5-8,10H,1-4H2,(H2,16,17,18,19,20). The number of rotatable bonds is 3. The number of carbonyl (C=O) groups is 1. The van der Waals surface area contributed by atoms with Crippen LogP contribution in [0, 0.1) is 11.7 Å². The third-order valence-electron chi connectivity index (χ3n) is 3.56. The minimum absolute atomic E-state index is 0.0212. The van der Waals surface area contributed by atoms with Gasteiger partial charge < -0.3 is 0 Å². The van der Waals surface area contributed by atoms with Gasteiger partial charge in [-0.05, 0) is 37.1 Å². The van der Waals surface area contributed by atoms with Crippen molar-refractivity contribution in [1.29, 1.82) is 0 Å². The van der Waals surface area contributed by atoms with Gasteiger partial charge in [0, 0.05) is 11.5 Å². The number of amides is 1. The van der Waals surface area contributed by atoms with Gasteiger partial charge >= 0.3 is 0 Å². The molecule has 5 nitrogen and oxygen atoms in total. The molecule has 1 amide bonds. The molecule has 0 bridgehead atoms.